The number of aliphatic hydroxyl groups is 1. The first-order valence-corrected chi connectivity index (χ1v) is 4.73. The Morgan fingerprint density at radius 1 is 1.46 bits per heavy atom. The van der Waals surface area contributed by atoms with Crippen molar-refractivity contribution in [2.45, 2.75) is 33.2 Å². The van der Waals surface area contributed by atoms with E-state index in [1.54, 1.807) is 0 Å². The van der Waals surface area contributed by atoms with E-state index in [1.807, 2.05) is 13.8 Å². The molecule has 0 radical (unpaired) electrons. The van der Waals surface area contributed by atoms with E-state index < -0.39 is 13.4 Å². The van der Waals surface area contributed by atoms with Crippen molar-refractivity contribution in [3.05, 3.63) is 0 Å². The fraction of sp³-hybridized carbons (Fsp3) is 1.00. The number of rotatable bonds is 2. The summed E-state index contributed by atoms with van der Waals surface area (Å²) in [5, 5.41) is 9.14. The van der Waals surface area contributed by atoms with E-state index in [0.29, 0.717) is 5.92 Å². The lowest BCUT2D eigenvalue weighted by Crippen LogP contribution is -2.46. The minimum Gasteiger partial charge on any atom is -0.394 e. The molecular weight excluding hydrogens is 168 g/mol. The summed E-state index contributed by atoms with van der Waals surface area (Å²) in [6.07, 6.45) is -0.798. The zero-order valence-corrected chi connectivity index (χ0v) is 8.43. The van der Waals surface area contributed by atoms with Gasteiger partial charge in [0.2, 0.25) is 0 Å². The molecule has 1 saturated heterocycles. The zero-order chi connectivity index (χ0) is 11.6. The third-order valence-electron chi connectivity index (χ3n) is 3.30. The van der Waals surface area contributed by atoms with Gasteiger partial charge >= 0.3 is 0 Å². The highest BCUT2D eigenvalue weighted by molar-refractivity contribution is 4.82. The maximum atomic E-state index is 9.14. The number of ether oxygens (including phenoxy) is 2. The van der Waals surface area contributed by atoms with Gasteiger partial charge in [-0.2, -0.15) is 0 Å². The van der Waals surface area contributed by atoms with E-state index >= 15 is 0 Å². The molecule has 1 N–H and O–H groups in total. The highest BCUT2D eigenvalue weighted by atomic mass is 16.7. The lowest BCUT2D eigenvalue weighted by Gasteiger charge is -2.42. The summed E-state index contributed by atoms with van der Waals surface area (Å²) in [4.78, 5) is 0. The maximum absolute atomic E-state index is 9.14. The van der Waals surface area contributed by atoms with E-state index in [9.17, 15) is 0 Å². The van der Waals surface area contributed by atoms with Crippen molar-refractivity contribution in [1.82, 2.24) is 0 Å². The largest absolute Gasteiger partial charge is 0.394 e. The summed E-state index contributed by atoms with van der Waals surface area (Å²) in [7, 11) is -1.34. The van der Waals surface area contributed by atoms with Crippen molar-refractivity contribution in [3.8, 4) is 0 Å². The lowest BCUT2D eigenvalue weighted by molar-refractivity contribution is -0.244. The van der Waals surface area contributed by atoms with Gasteiger partial charge in [-0.25, -0.2) is 0 Å². The second-order valence-electron chi connectivity index (χ2n) is 3.94. The molecule has 3 heteroatoms. The molecule has 0 aromatic rings. The topological polar surface area (TPSA) is 38.7 Å². The molecule has 1 heterocycles. The standard InChI is InChI=1S/C10H20O3/c1-6-7(2)9(5-11)13-10(12-4)8(6)3/h6-11H,5H2,1-4H3/t6-,7-,8-,9+,10?/m1/s1/i4TD/t4?,6-,7-,8-,9+,10?. The Morgan fingerprint density at radius 3 is 2.69 bits per heavy atom. The first kappa shape index (κ1) is 8.21. The molecule has 6 atom stereocenters. The smallest absolute Gasteiger partial charge is 0.160 e. The van der Waals surface area contributed by atoms with Crippen LogP contribution in [0.15, 0.2) is 0 Å². The molecule has 0 aliphatic carbocycles. The Morgan fingerprint density at radius 2 is 2.15 bits per heavy atom. The molecular formula is C10H20O3. The van der Waals surface area contributed by atoms with Gasteiger partial charge in [0.25, 0.3) is 0 Å². The van der Waals surface area contributed by atoms with Crippen molar-refractivity contribution < 1.29 is 17.3 Å². The van der Waals surface area contributed by atoms with Crippen LogP contribution in [0.25, 0.3) is 0 Å². The number of methoxy groups -OCH3 is 1. The molecule has 0 aromatic heterocycles. The molecule has 2 unspecified atom stereocenters. The highest BCUT2D eigenvalue weighted by Gasteiger charge is 2.38. The van der Waals surface area contributed by atoms with Gasteiger partial charge in [-0.15, -0.1) is 0 Å². The molecule has 0 spiro atoms. The molecule has 1 fully saturated rings. The van der Waals surface area contributed by atoms with Gasteiger partial charge in [0.1, 0.15) is 0 Å². The van der Waals surface area contributed by atoms with Gasteiger partial charge in [0.05, 0.1) is 15.5 Å². The molecule has 0 bridgehead atoms. The van der Waals surface area contributed by atoms with Crippen molar-refractivity contribution in [1.29, 1.82) is 0 Å². The minimum atomic E-state index is -1.34. The second kappa shape index (κ2) is 4.40. The second-order valence-corrected chi connectivity index (χ2v) is 3.94. The van der Waals surface area contributed by atoms with Crippen LogP contribution >= 0.6 is 0 Å². The first-order chi connectivity index (χ1) is 6.97. The van der Waals surface area contributed by atoms with Crippen molar-refractivity contribution in [3.63, 3.8) is 0 Å². The lowest BCUT2D eigenvalue weighted by atomic mass is 9.79. The Hall–Kier alpha value is -0.120. The molecule has 3 nitrogen and oxygen atoms in total. The van der Waals surface area contributed by atoms with E-state index in [4.69, 9.17) is 17.3 Å². The summed E-state index contributed by atoms with van der Waals surface area (Å²) < 4.78 is 24.7. The van der Waals surface area contributed by atoms with Gasteiger partial charge in [-0.05, 0) is 11.8 Å². The monoisotopic (exact) mass is 191 g/mol. The molecule has 0 amide bonds. The Bertz CT molecular complexity index is 199. The molecule has 78 valence electrons. The fourth-order valence-electron chi connectivity index (χ4n) is 1.85. The van der Waals surface area contributed by atoms with Crippen LogP contribution in [0.1, 0.15) is 23.5 Å². The average Bonchev–Trinajstić information content (AvgIpc) is 2.18. The summed E-state index contributed by atoms with van der Waals surface area (Å²) in [6, 6.07) is 0. The Balaban J connectivity index is 2.65. The van der Waals surface area contributed by atoms with Crippen LogP contribution in [0.2, 0.25) is 0 Å². The predicted molar refractivity (Wildman–Crippen MR) is 50.2 cm³/mol. The van der Waals surface area contributed by atoms with Gasteiger partial charge in [0, 0.05) is 13.0 Å². The molecule has 0 saturated carbocycles. The number of hydrogen-bond donors (Lipinski definition) is 1. The van der Waals surface area contributed by atoms with Crippen LogP contribution in [0.4, 0.5) is 0 Å². The number of hydrogen-bond acceptors (Lipinski definition) is 3. The van der Waals surface area contributed by atoms with E-state index in [2.05, 4.69) is 6.92 Å². The van der Waals surface area contributed by atoms with Crippen LogP contribution in [-0.4, -0.2) is 31.2 Å². The van der Waals surface area contributed by atoms with Gasteiger partial charge in [0.15, 0.2) is 6.29 Å². The van der Waals surface area contributed by atoms with Crippen molar-refractivity contribution >= 4 is 0 Å². The van der Waals surface area contributed by atoms with Crippen molar-refractivity contribution in [2.75, 3.05) is 13.7 Å². The van der Waals surface area contributed by atoms with Gasteiger partial charge < -0.3 is 14.6 Å². The fourth-order valence-corrected chi connectivity index (χ4v) is 1.85. The van der Waals surface area contributed by atoms with Crippen molar-refractivity contribution in [2.24, 2.45) is 17.8 Å². The predicted octanol–water partition coefficient (Wildman–Crippen LogP) is 1.26. The minimum absolute atomic E-state index is 0.0429. The van der Waals surface area contributed by atoms with Crippen LogP contribution in [0.3, 0.4) is 0 Å². The molecule has 0 aromatic carbocycles. The van der Waals surface area contributed by atoms with E-state index in [1.165, 1.54) is 0 Å². The zero-order valence-electron chi connectivity index (χ0n) is 10.4. The van der Waals surface area contributed by atoms with Crippen LogP contribution in [0.5, 0.6) is 0 Å². The number of aliphatic hydroxyl groups excluding tert-OH is 1. The highest BCUT2D eigenvalue weighted by Crippen LogP contribution is 2.34. The summed E-state index contributed by atoms with van der Waals surface area (Å²) in [5.41, 5.74) is 0. The third-order valence-corrected chi connectivity index (χ3v) is 3.30. The SMILES string of the molecule is [2H]C([3H])OC1O[C@@H](CO)[C@H](C)[C@@H](C)[C@H]1C. The molecule has 1 aliphatic heterocycles. The summed E-state index contributed by atoms with van der Waals surface area (Å²) >= 11 is 0. The van der Waals surface area contributed by atoms with E-state index in [0.717, 1.165) is 0 Å². The normalized spacial score (nSPS) is 50.9. The van der Waals surface area contributed by atoms with Gasteiger partial charge in [-0.3, -0.25) is 0 Å². The van der Waals surface area contributed by atoms with Crippen LogP contribution in [-0.2, 0) is 9.47 Å². The van der Waals surface area contributed by atoms with Crippen LogP contribution in [0, 0.1) is 17.8 Å². The van der Waals surface area contributed by atoms with Crippen LogP contribution < -0.4 is 0 Å². The maximum Gasteiger partial charge on any atom is 0.160 e. The van der Waals surface area contributed by atoms with Gasteiger partial charge in [-0.1, -0.05) is 20.8 Å². The first-order valence-electron chi connectivity index (χ1n) is 5.89. The molecule has 13 heavy (non-hydrogen) atoms. The Labute approximate surface area is 82.8 Å². The Kier molecular flexibility index (Phi) is 2.78. The molecule has 1 aliphatic rings. The molecule has 1 rings (SSSR count). The summed E-state index contributed by atoms with van der Waals surface area (Å²) in [5.74, 6) is 0.750. The third kappa shape index (κ3) is 2.03. The van der Waals surface area contributed by atoms with E-state index in [-0.39, 0.29) is 24.5 Å². The summed E-state index contributed by atoms with van der Waals surface area (Å²) in [6.45, 7) is 6.07. The average molecular weight is 191 g/mol. The quantitative estimate of drug-likeness (QED) is 0.714.